The maximum atomic E-state index is 12.4. The maximum absolute atomic E-state index is 12.4. The average molecular weight is 346 g/mol. The van der Waals surface area contributed by atoms with E-state index < -0.39 is 0 Å². The molecular weight excluding hydrogens is 321 g/mol. The van der Waals surface area contributed by atoms with E-state index in [0.717, 1.165) is 25.3 Å². The third kappa shape index (κ3) is 4.99. The van der Waals surface area contributed by atoms with E-state index in [0.29, 0.717) is 6.54 Å². The summed E-state index contributed by atoms with van der Waals surface area (Å²) in [5.74, 6) is 0.0506. The van der Waals surface area contributed by atoms with Crippen LogP contribution in [0.15, 0.2) is 30.4 Å². The number of carbonyl (C=O) groups is 1. The van der Waals surface area contributed by atoms with Gasteiger partial charge < -0.3 is 15.1 Å². The molecule has 0 atom stereocenters. The van der Waals surface area contributed by atoms with E-state index in [1.165, 1.54) is 11.1 Å². The Hall–Kier alpha value is -1.07. The number of carbonyl (C=O) groups excluding carboxylic acids is 1. The molecule has 0 aromatic heterocycles. The number of benzene rings is 1. The number of halogens is 2. The molecule has 1 aromatic rings. The third-order valence-electron chi connectivity index (χ3n) is 3.47. The van der Waals surface area contributed by atoms with Crippen LogP contribution in [0.3, 0.4) is 0 Å². The summed E-state index contributed by atoms with van der Waals surface area (Å²) in [5, 5.41) is 3.34. The number of likely N-dealkylation sites (N-methyl/N-ethyl adjacent to an activating group) is 2. The van der Waals surface area contributed by atoms with Gasteiger partial charge in [0.05, 0.1) is 0 Å². The van der Waals surface area contributed by atoms with Crippen LogP contribution in [-0.4, -0.2) is 38.0 Å². The number of amides is 1. The molecule has 1 N–H and O–H groups in total. The molecule has 0 bridgehead atoms. The second kappa shape index (κ2) is 9.85. The lowest BCUT2D eigenvalue weighted by atomic mass is 10.1. The topological polar surface area (TPSA) is 35.6 Å². The van der Waals surface area contributed by atoms with Crippen molar-refractivity contribution in [3.63, 3.8) is 0 Å². The van der Waals surface area contributed by atoms with Crippen LogP contribution < -0.4 is 10.2 Å². The minimum Gasteiger partial charge on any atom is -0.309 e. The molecule has 2 rings (SSSR count). The number of hydrogen-bond acceptors (Lipinski definition) is 3. The number of fused-ring (bicyclic) bond motifs is 1. The monoisotopic (exact) mass is 345 g/mol. The summed E-state index contributed by atoms with van der Waals surface area (Å²) in [6, 6.07) is 6.19. The first-order chi connectivity index (χ1) is 9.63. The Morgan fingerprint density at radius 1 is 1.27 bits per heavy atom. The van der Waals surface area contributed by atoms with E-state index in [9.17, 15) is 4.79 Å². The van der Waals surface area contributed by atoms with Crippen molar-refractivity contribution < 1.29 is 4.79 Å². The number of anilines is 1. The average Bonchev–Trinajstić information content (AvgIpc) is 2.88. The van der Waals surface area contributed by atoms with Gasteiger partial charge in [-0.25, -0.2) is 0 Å². The van der Waals surface area contributed by atoms with Crippen molar-refractivity contribution in [1.82, 2.24) is 10.2 Å². The van der Waals surface area contributed by atoms with Crippen molar-refractivity contribution in [2.45, 2.75) is 20.0 Å². The SMILES string of the molecule is CCN(C(=O)/C=C/CN(C)C)c1cccc2c1CNC2.Cl.Cl. The first kappa shape index (κ1) is 20.9. The van der Waals surface area contributed by atoms with E-state index in [4.69, 9.17) is 0 Å². The van der Waals surface area contributed by atoms with Gasteiger partial charge in [-0.05, 0) is 38.2 Å². The van der Waals surface area contributed by atoms with E-state index in [1.54, 1.807) is 6.08 Å². The van der Waals surface area contributed by atoms with Gasteiger partial charge in [-0.15, -0.1) is 24.8 Å². The molecule has 0 saturated heterocycles. The van der Waals surface area contributed by atoms with Gasteiger partial charge in [0.1, 0.15) is 0 Å². The molecule has 0 spiro atoms. The van der Waals surface area contributed by atoms with Gasteiger partial charge in [-0.3, -0.25) is 4.79 Å². The molecule has 124 valence electrons. The molecule has 1 amide bonds. The molecule has 22 heavy (non-hydrogen) atoms. The molecule has 1 aliphatic heterocycles. The van der Waals surface area contributed by atoms with Crippen LogP contribution in [0.25, 0.3) is 0 Å². The molecule has 6 heteroatoms. The van der Waals surface area contributed by atoms with Crippen LogP contribution in [-0.2, 0) is 17.9 Å². The lowest BCUT2D eigenvalue weighted by molar-refractivity contribution is -0.114. The Bertz CT molecular complexity index is 518. The molecule has 1 aliphatic rings. The quantitative estimate of drug-likeness (QED) is 0.833. The van der Waals surface area contributed by atoms with Crippen molar-refractivity contribution in [3.8, 4) is 0 Å². The smallest absolute Gasteiger partial charge is 0.250 e. The molecule has 0 fully saturated rings. The highest BCUT2D eigenvalue weighted by molar-refractivity contribution is 6.02. The Balaban J connectivity index is 0.00000220. The second-order valence-corrected chi connectivity index (χ2v) is 5.27. The predicted molar refractivity (Wildman–Crippen MR) is 97.2 cm³/mol. The van der Waals surface area contributed by atoms with Crippen LogP contribution in [0.5, 0.6) is 0 Å². The van der Waals surface area contributed by atoms with Gasteiger partial charge in [0, 0.05) is 37.9 Å². The Morgan fingerprint density at radius 2 is 2.00 bits per heavy atom. The van der Waals surface area contributed by atoms with Gasteiger partial charge >= 0.3 is 0 Å². The molecule has 0 unspecified atom stereocenters. The third-order valence-corrected chi connectivity index (χ3v) is 3.47. The predicted octanol–water partition coefficient (Wildman–Crippen LogP) is 2.60. The highest BCUT2D eigenvalue weighted by Gasteiger charge is 2.19. The van der Waals surface area contributed by atoms with E-state index in [1.807, 2.05) is 49.0 Å². The van der Waals surface area contributed by atoms with Crippen LogP contribution in [0, 0.1) is 0 Å². The summed E-state index contributed by atoms with van der Waals surface area (Å²) >= 11 is 0. The van der Waals surface area contributed by atoms with Gasteiger partial charge in [0.25, 0.3) is 5.91 Å². The van der Waals surface area contributed by atoms with Crippen LogP contribution in [0.4, 0.5) is 5.69 Å². The van der Waals surface area contributed by atoms with Crippen molar-refractivity contribution in [2.24, 2.45) is 0 Å². The number of hydrogen-bond donors (Lipinski definition) is 1. The molecule has 4 nitrogen and oxygen atoms in total. The fourth-order valence-electron chi connectivity index (χ4n) is 2.47. The van der Waals surface area contributed by atoms with Gasteiger partial charge in [0.2, 0.25) is 0 Å². The second-order valence-electron chi connectivity index (χ2n) is 5.27. The van der Waals surface area contributed by atoms with Crippen molar-refractivity contribution in [2.75, 3.05) is 32.1 Å². The minimum absolute atomic E-state index is 0. The van der Waals surface area contributed by atoms with Gasteiger partial charge in [-0.2, -0.15) is 0 Å². The molecule has 1 aromatic carbocycles. The zero-order valence-corrected chi connectivity index (χ0v) is 15.0. The summed E-state index contributed by atoms with van der Waals surface area (Å²) in [5.41, 5.74) is 3.59. The number of nitrogens with zero attached hydrogens (tertiary/aromatic N) is 2. The standard InChI is InChI=1S/C16H23N3O.2ClH/c1-4-19(16(20)9-6-10-18(2)3)15-8-5-7-13-11-17-12-14(13)15;;/h5-9,17H,4,10-12H2,1-3H3;2*1H/b9-6+;;. The zero-order chi connectivity index (χ0) is 14.5. The first-order valence-corrected chi connectivity index (χ1v) is 7.07. The Labute approximate surface area is 145 Å². The summed E-state index contributed by atoms with van der Waals surface area (Å²) in [6.45, 7) is 5.21. The normalized spacial score (nSPS) is 12.7. The van der Waals surface area contributed by atoms with Crippen molar-refractivity contribution in [1.29, 1.82) is 0 Å². The minimum atomic E-state index is 0. The molecular formula is C16H25Cl2N3O. The summed E-state index contributed by atoms with van der Waals surface area (Å²) in [6.07, 6.45) is 3.58. The molecule has 0 radical (unpaired) electrons. The van der Waals surface area contributed by atoms with Crippen molar-refractivity contribution in [3.05, 3.63) is 41.5 Å². The molecule has 1 heterocycles. The Morgan fingerprint density at radius 3 is 2.64 bits per heavy atom. The van der Waals surface area contributed by atoms with Crippen LogP contribution in [0.2, 0.25) is 0 Å². The summed E-state index contributed by atoms with van der Waals surface area (Å²) < 4.78 is 0. The fraction of sp³-hybridized carbons (Fsp3) is 0.438. The van der Waals surface area contributed by atoms with Crippen LogP contribution >= 0.6 is 24.8 Å². The molecule has 0 saturated carbocycles. The van der Waals surface area contributed by atoms with E-state index in [-0.39, 0.29) is 30.7 Å². The highest BCUT2D eigenvalue weighted by atomic mass is 35.5. The highest BCUT2D eigenvalue weighted by Crippen LogP contribution is 2.27. The van der Waals surface area contributed by atoms with E-state index in [2.05, 4.69) is 11.4 Å². The maximum Gasteiger partial charge on any atom is 0.250 e. The summed E-state index contributed by atoms with van der Waals surface area (Å²) in [4.78, 5) is 16.2. The van der Waals surface area contributed by atoms with E-state index >= 15 is 0 Å². The lowest BCUT2D eigenvalue weighted by Gasteiger charge is -2.22. The summed E-state index contributed by atoms with van der Waals surface area (Å²) in [7, 11) is 3.98. The van der Waals surface area contributed by atoms with Crippen molar-refractivity contribution >= 4 is 36.4 Å². The first-order valence-electron chi connectivity index (χ1n) is 7.07. The Kier molecular flexibility index (Phi) is 9.37. The van der Waals surface area contributed by atoms with Crippen LogP contribution in [0.1, 0.15) is 18.1 Å². The van der Waals surface area contributed by atoms with Gasteiger partial charge in [0.15, 0.2) is 0 Å². The largest absolute Gasteiger partial charge is 0.309 e. The zero-order valence-electron chi connectivity index (χ0n) is 13.3. The number of rotatable bonds is 5. The lowest BCUT2D eigenvalue weighted by Crippen LogP contribution is -2.30. The fourth-order valence-corrected chi connectivity index (χ4v) is 2.47. The molecule has 0 aliphatic carbocycles. The van der Waals surface area contributed by atoms with Gasteiger partial charge in [-0.1, -0.05) is 18.2 Å². The number of nitrogens with one attached hydrogen (secondary N) is 1.